The van der Waals surface area contributed by atoms with Crippen LogP contribution in [0.2, 0.25) is 0 Å². The van der Waals surface area contributed by atoms with Gasteiger partial charge in [0.15, 0.2) is 0 Å². The average molecular weight is 328 g/mol. The molecule has 0 aliphatic rings. The summed E-state index contributed by atoms with van der Waals surface area (Å²) in [7, 11) is 4.06. The molecule has 0 heterocycles. The van der Waals surface area contributed by atoms with Gasteiger partial charge in [-0.2, -0.15) is 0 Å². The fourth-order valence-electron chi connectivity index (χ4n) is 1.40. The van der Waals surface area contributed by atoms with Gasteiger partial charge in [0.25, 0.3) is 0 Å². The van der Waals surface area contributed by atoms with E-state index < -0.39 is 0 Å². The molecular weight excluding hydrogens is 306 g/mol. The van der Waals surface area contributed by atoms with Gasteiger partial charge in [0.2, 0.25) is 5.91 Å². The van der Waals surface area contributed by atoms with E-state index in [-0.39, 0.29) is 11.4 Å². The van der Waals surface area contributed by atoms with Gasteiger partial charge in [-0.05, 0) is 56.0 Å². The van der Waals surface area contributed by atoms with Gasteiger partial charge >= 0.3 is 0 Å². The van der Waals surface area contributed by atoms with Crippen LogP contribution in [0.15, 0.2) is 28.7 Å². The third kappa shape index (κ3) is 5.30. The van der Waals surface area contributed by atoms with Crippen molar-refractivity contribution < 1.29 is 4.79 Å². The zero-order valence-electron chi connectivity index (χ0n) is 12.0. The molecule has 4 nitrogen and oxygen atoms in total. The van der Waals surface area contributed by atoms with Crippen molar-refractivity contribution in [3.63, 3.8) is 0 Å². The van der Waals surface area contributed by atoms with Gasteiger partial charge in [-0.3, -0.25) is 4.79 Å². The first-order valence-corrected chi connectivity index (χ1v) is 7.05. The number of anilines is 1. The lowest BCUT2D eigenvalue weighted by Gasteiger charge is -2.32. The van der Waals surface area contributed by atoms with Crippen LogP contribution in [0.3, 0.4) is 0 Å². The van der Waals surface area contributed by atoms with Crippen molar-refractivity contribution >= 4 is 27.5 Å². The Kier molecular flexibility index (Phi) is 5.97. The smallest absolute Gasteiger partial charge is 0.238 e. The van der Waals surface area contributed by atoms with Gasteiger partial charge in [-0.15, -0.1) is 0 Å². The lowest BCUT2D eigenvalue weighted by Crippen LogP contribution is -2.48. The molecule has 1 aromatic carbocycles. The van der Waals surface area contributed by atoms with Crippen LogP contribution in [0, 0.1) is 0 Å². The summed E-state index contributed by atoms with van der Waals surface area (Å²) in [5.41, 5.74) is 0.814. The summed E-state index contributed by atoms with van der Waals surface area (Å²) in [6, 6.07) is 7.57. The molecule has 0 bridgehead atoms. The van der Waals surface area contributed by atoms with Crippen LogP contribution in [0.25, 0.3) is 0 Å². The first-order chi connectivity index (χ1) is 8.83. The van der Waals surface area contributed by atoms with E-state index in [4.69, 9.17) is 0 Å². The normalized spacial score (nSPS) is 11.7. The Morgan fingerprint density at radius 3 is 2.53 bits per heavy atom. The summed E-state index contributed by atoms with van der Waals surface area (Å²) in [6.07, 6.45) is 0. The van der Waals surface area contributed by atoms with Crippen LogP contribution in [0.4, 0.5) is 5.69 Å². The van der Waals surface area contributed by atoms with E-state index in [9.17, 15) is 4.79 Å². The SMILES string of the molecule is CN(C)C(C)(C)CNCC(=O)Nc1ccccc1Br. The average Bonchev–Trinajstić information content (AvgIpc) is 2.31. The standard InChI is InChI=1S/C14H22BrN3O/c1-14(2,18(3)4)10-16-9-13(19)17-12-8-6-5-7-11(12)15/h5-8,16H,9-10H2,1-4H3,(H,17,19). The highest BCUT2D eigenvalue weighted by Gasteiger charge is 2.19. The van der Waals surface area contributed by atoms with Gasteiger partial charge < -0.3 is 15.5 Å². The van der Waals surface area contributed by atoms with Crippen molar-refractivity contribution in [2.75, 3.05) is 32.5 Å². The molecule has 1 rings (SSSR count). The van der Waals surface area contributed by atoms with Crippen LogP contribution >= 0.6 is 15.9 Å². The summed E-state index contributed by atoms with van der Waals surface area (Å²) in [6.45, 7) is 5.32. The highest BCUT2D eigenvalue weighted by Crippen LogP contribution is 2.20. The number of carbonyl (C=O) groups excluding carboxylic acids is 1. The van der Waals surface area contributed by atoms with Crippen molar-refractivity contribution in [3.05, 3.63) is 28.7 Å². The minimum Gasteiger partial charge on any atom is -0.324 e. The van der Waals surface area contributed by atoms with Gasteiger partial charge in [0.1, 0.15) is 0 Å². The van der Waals surface area contributed by atoms with Crippen LogP contribution in [-0.4, -0.2) is 43.5 Å². The van der Waals surface area contributed by atoms with Gasteiger partial charge in [0.05, 0.1) is 12.2 Å². The number of hydrogen-bond acceptors (Lipinski definition) is 3. The quantitative estimate of drug-likeness (QED) is 0.842. The molecule has 0 aliphatic carbocycles. The van der Waals surface area contributed by atoms with E-state index in [1.165, 1.54) is 0 Å². The number of hydrogen-bond donors (Lipinski definition) is 2. The van der Waals surface area contributed by atoms with E-state index in [1.807, 2.05) is 38.4 Å². The molecule has 0 aliphatic heterocycles. The summed E-state index contributed by atoms with van der Waals surface area (Å²) in [4.78, 5) is 13.9. The van der Waals surface area contributed by atoms with E-state index in [1.54, 1.807) is 0 Å². The zero-order valence-corrected chi connectivity index (χ0v) is 13.5. The van der Waals surface area contributed by atoms with Crippen molar-refractivity contribution in [3.8, 4) is 0 Å². The number of likely N-dealkylation sites (N-methyl/N-ethyl adjacent to an activating group) is 1. The molecular formula is C14H22BrN3O. The molecule has 106 valence electrons. The number of halogens is 1. The Morgan fingerprint density at radius 1 is 1.32 bits per heavy atom. The minimum atomic E-state index is -0.0403. The number of nitrogens with one attached hydrogen (secondary N) is 2. The second kappa shape index (κ2) is 7.03. The molecule has 0 saturated heterocycles. The molecule has 0 unspecified atom stereocenters. The van der Waals surface area contributed by atoms with Crippen molar-refractivity contribution in [2.45, 2.75) is 19.4 Å². The monoisotopic (exact) mass is 327 g/mol. The van der Waals surface area contributed by atoms with Gasteiger partial charge in [-0.1, -0.05) is 12.1 Å². The Balaban J connectivity index is 2.39. The van der Waals surface area contributed by atoms with E-state index in [2.05, 4.69) is 45.3 Å². The van der Waals surface area contributed by atoms with E-state index >= 15 is 0 Å². The Labute approximate surface area is 123 Å². The van der Waals surface area contributed by atoms with Crippen molar-refractivity contribution in [1.82, 2.24) is 10.2 Å². The Bertz CT molecular complexity index is 432. The Morgan fingerprint density at radius 2 is 1.95 bits per heavy atom. The van der Waals surface area contributed by atoms with Crippen LogP contribution < -0.4 is 10.6 Å². The maximum Gasteiger partial charge on any atom is 0.238 e. The van der Waals surface area contributed by atoms with Crippen LogP contribution in [0.1, 0.15) is 13.8 Å². The maximum absolute atomic E-state index is 11.8. The molecule has 2 N–H and O–H groups in total. The molecule has 0 aromatic heterocycles. The van der Waals surface area contributed by atoms with Gasteiger partial charge in [0, 0.05) is 16.6 Å². The molecule has 0 spiro atoms. The molecule has 0 atom stereocenters. The number of para-hydroxylation sites is 1. The number of benzene rings is 1. The lowest BCUT2D eigenvalue weighted by molar-refractivity contribution is -0.115. The summed E-state index contributed by atoms with van der Waals surface area (Å²) in [5, 5.41) is 6.04. The molecule has 0 radical (unpaired) electrons. The van der Waals surface area contributed by atoms with Crippen LogP contribution in [-0.2, 0) is 4.79 Å². The summed E-state index contributed by atoms with van der Waals surface area (Å²) in [5.74, 6) is -0.0403. The number of rotatable bonds is 6. The zero-order chi connectivity index (χ0) is 14.5. The first-order valence-electron chi connectivity index (χ1n) is 6.25. The minimum absolute atomic E-state index is 0.0214. The molecule has 0 fully saturated rings. The second-order valence-corrected chi connectivity index (χ2v) is 6.19. The first kappa shape index (κ1) is 16.1. The van der Waals surface area contributed by atoms with Crippen molar-refractivity contribution in [2.24, 2.45) is 0 Å². The third-order valence-corrected chi connectivity index (χ3v) is 3.89. The molecule has 0 saturated carbocycles. The lowest BCUT2D eigenvalue weighted by atomic mass is 10.0. The van der Waals surface area contributed by atoms with Gasteiger partial charge in [-0.25, -0.2) is 0 Å². The van der Waals surface area contributed by atoms with Crippen molar-refractivity contribution in [1.29, 1.82) is 0 Å². The number of amides is 1. The largest absolute Gasteiger partial charge is 0.324 e. The second-order valence-electron chi connectivity index (χ2n) is 5.34. The highest BCUT2D eigenvalue weighted by atomic mass is 79.9. The number of nitrogens with zero attached hydrogens (tertiary/aromatic N) is 1. The Hall–Kier alpha value is -0.910. The molecule has 5 heteroatoms. The molecule has 1 amide bonds. The highest BCUT2D eigenvalue weighted by molar-refractivity contribution is 9.10. The summed E-state index contributed by atoms with van der Waals surface area (Å²) < 4.78 is 0.886. The van der Waals surface area contributed by atoms with E-state index in [0.717, 1.165) is 16.7 Å². The maximum atomic E-state index is 11.8. The molecule has 1 aromatic rings. The fraction of sp³-hybridized carbons (Fsp3) is 0.500. The molecule has 19 heavy (non-hydrogen) atoms. The number of carbonyl (C=O) groups is 1. The fourth-order valence-corrected chi connectivity index (χ4v) is 1.78. The predicted octanol–water partition coefficient (Wildman–Crippen LogP) is 2.32. The topological polar surface area (TPSA) is 44.4 Å². The predicted molar refractivity (Wildman–Crippen MR) is 83.4 cm³/mol. The van der Waals surface area contributed by atoms with Crippen LogP contribution in [0.5, 0.6) is 0 Å². The third-order valence-electron chi connectivity index (χ3n) is 3.20. The summed E-state index contributed by atoms with van der Waals surface area (Å²) >= 11 is 3.40. The van der Waals surface area contributed by atoms with E-state index in [0.29, 0.717) is 6.54 Å².